The first-order valence-corrected chi connectivity index (χ1v) is 8.00. The normalized spacial score (nSPS) is 13.9. The summed E-state index contributed by atoms with van der Waals surface area (Å²) in [6, 6.07) is 5.09. The van der Waals surface area contributed by atoms with E-state index >= 15 is 0 Å². The van der Waals surface area contributed by atoms with Gasteiger partial charge >= 0.3 is 130 Å². The SMILES string of the molecule is COC(=O)C(=O)N1CCOc2cc([I-][N+](=O)O)ccc2C1. The van der Waals surface area contributed by atoms with Gasteiger partial charge in [-0.15, -0.1) is 0 Å². The van der Waals surface area contributed by atoms with Gasteiger partial charge in [-0.1, -0.05) is 0 Å². The first-order valence-electron chi connectivity index (χ1n) is 5.95. The van der Waals surface area contributed by atoms with E-state index in [0.717, 1.165) is 12.7 Å². The van der Waals surface area contributed by atoms with Crippen molar-refractivity contribution in [2.45, 2.75) is 6.54 Å². The third-order valence-electron chi connectivity index (χ3n) is 2.83. The topological polar surface area (TPSA) is 96.2 Å². The molecule has 9 heteroatoms. The van der Waals surface area contributed by atoms with Crippen molar-refractivity contribution in [2.24, 2.45) is 0 Å². The summed E-state index contributed by atoms with van der Waals surface area (Å²) in [4.78, 5) is 35.1. The summed E-state index contributed by atoms with van der Waals surface area (Å²) in [7, 11) is 1.15. The van der Waals surface area contributed by atoms with Crippen LogP contribution in [0.5, 0.6) is 5.75 Å². The van der Waals surface area contributed by atoms with Gasteiger partial charge in [0.2, 0.25) is 0 Å². The molecule has 8 nitrogen and oxygen atoms in total. The number of methoxy groups -OCH3 is 1. The number of hydrogen-bond donors (Lipinski definition) is 1. The monoisotopic (exact) mass is 408 g/mol. The number of halogens is 1. The predicted octanol–water partition coefficient (Wildman–Crippen LogP) is -3.08. The second-order valence-electron chi connectivity index (χ2n) is 4.13. The van der Waals surface area contributed by atoms with Gasteiger partial charge in [-0.3, -0.25) is 0 Å². The third-order valence-corrected chi connectivity index (χ3v) is 4.47. The molecule has 0 fully saturated rings. The van der Waals surface area contributed by atoms with Crippen LogP contribution in [0.25, 0.3) is 0 Å². The van der Waals surface area contributed by atoms with Crippen LogP contribution in [0.2, 0.25) is 0 Å². The number of hydrogen-bond acceptors (Lipinski definition) is 5. The van der Waals surface area contributed by atoms with Gasteiger partial charge in [0, 0.05) is 0 Å². The van der Waals surface area contributed by atoms with Crippen molar-refractivity contribution in [3.63, 3.8) is 0 Å². The molecule has 0 saturated heterocycles. The molecule has 1 N–H and O–H groups in total. The van der Waals surface area contributed by atoms with E-state index in [0.29, 0.717) is 9.32 Å². The van der Waals surface area contributed by atoms with E-state index in [2.05, 4.69) is 4.74 Å². The van der Waals surface area contributed by atoms with Crippen molar-refractivity contribution in [3.05, 3.63) is 32.2 Å². The van der Waals surface area contributed by atoms with Crippen molar-refractivity contribution >= 4 is 11.9 Å². The summed E-state index contributed by atoms with van der Waals surface area (Å²) in [6.45, 7) is 0.723. The van der Waals surface area contributed by atoms with E-state index in [1.54, 1.807) is 18.2 Å². The minimum atomic E-state index is -1.20. The van der Waals surface area contributed by atoms with Gasteiger partial charge in [0.05, 0.1) is 0 Å². The average molecular weight is 408 g/mol. The number of nitrogens with zero attached hydrogens (tertiary/aromatic N) is 2. The number of amides is 1. The Morgan fingerprint density at radius 2 is 2.24 bits per heavy atom. The molecule has 0 spiro atoms. The van der Waals surface area contributed by atoms with Crippen molar-refractivity contribution in [3.8, 4) is 5.75 Å². The van der Waals surface area contributed by atoms with Crippen LogP contribution in [0, 0.1) is 8.48 Å². The molecule has 0 aliphatic carbocycles. The zero-order valence-electron chi connectivity index (χ0n) is 11.1. The summed E-state index contributed by atoms with van der Waals surface area (Å²) < 4.78 is 10.6. The molecule has 1 amide bonds. The van der Waals surface area contributed by atoms with E-state index < -0.39 is 33.4 Å². The zero-order chi connectivity index (χ0) is 15.4. The molecule has 1 heterocycles. The van der Waals surface area contributed by atoms with Gasteiger partial charge in [-0.2, -0.15) is 0 Å². The van der Waals surface area contributed by atoms with Crippen LogP contribution in [0.1, 0.15) is 5.56 Å². The summed E-state index contributed by atoms with van der Waals surface area (Å²) in [5.41, 5.74) is 0.730. The molecule has 0 saturated carbocycles. The van der Waals surface area contributed by atoms with Crippen LogP contribution in [-0.2, 0) is 20.9 Å². The van der Waals surface area contributed by atoms with E-state index in [1.807, 2.05) is 0 Å². The van der Waals surface area contributed by atoms with Crippen molar-refractivity contribution in [1.29, 1.82) is 0 Å². The van der Waals surface area contributed by atoms with Crippen LogP contribution in [0.15, 0.2) is 18.2 Å². The molecule has 1 aliphatic rings. The Morgan fingerprint density at radius 1 is 1.48 bits per heavy atom. The van der Waals surface area contributed by atoms with E-state index in [4.69, 9.17) is 9.94 Å². The van der Waals surface area contributed by atoms with Crippen LogP contribution in [-0.4, -0.2) is 45.4 Å². The number of fused-ring (bicyclic) bond motifs is 1. The minimum absolute atomic E-state index is 0.0651. The molecule has 0 atom stereocenters. The average Bonchev–Trinajstić information content (AvgIpc) is 2.66. The zero-order valence-corrected chi connectivity index (χ0v) is 13.3. The molecule has 1 aromatic carbocycles. The molecule has 0 radical (unpaired) electrons. The standard InChI is InChI=1S/C12H13IN2O6/c1-20-12(17)11(16)14-4-5-21-10-6-9(13-15(18)19)3-2-8(10)7-14/h2-3,6H,4-5,7H2,1H3,(H,18,19). The number of rotatable bonds is 2. The summed E-state index contributed by atoms with van der Waals surface area (Å²) in [6.07, 6.45) is 0. The molecule has 0 aromatic heterocycles. The van der Waals surface area contributed by atoms with Crippen LogP contribution in [0.3, 0.4) is 0 Å². The van der Waals surface area contributed by atoms with Crippen LogP contribution in [0.4, 0.5) is 0 Å². The quantitative estimate of drug-likeness (QED) is 0.184. The molecule has 1 aromatic rings. The van der Waals surface area contributed by atoms with Crippen molar-refractivity contribution in [2.75, 3.05) is 20.3 Å². The van der Waals surface area contributed by atoms with Crippen LogP contribution < -0.4 is 26.2 Å². The van der Waals surface area contributed by atoms with E-state index in [1.165, 1.54) is 4.90 Å². The molecular formula is C12H13IN2O6. The summed E-state index contributed by atoms with van der Waals surface area (Å²) >= 11 is -1.20. The second kappa shape index (κ2) is 6.70. The van der Waals surface area contributed by atoms with Gasteiger partial charge in [-0.05, 0) is 0 Å². The molecule has 0 unspecified atom stereocenters. The molecule has 0 bridgehead atoms. The Morgan fingerprint density at radius 3 is 2.90 bits per heavy atom. The van der Waals surface area contributed by atoms with Gasteiger partial charge < -0.3 is 0 Å². The Bertz CT molecular complexity index is 591. The fourth-order valence-corrected chi connectivity index (χ4v) is 3.11. The molecular weight excluding hydrogens is 395 g/mol. The Hall–Kier alpha value is -1.91. The molecule has 1 aliphatic heterocycles. The van der Waals surface area contributed by atoms with Crippen LogP contribution >= 0.6 is 0 Å². The molecule has 2 rings (SSSR count). The predicted molar refractivity (Wildman–Crippen MR) is 63.5 cm³/mol. The first-order chi connectivity index (χ1) is 10.0. The van der Waals surface area contributed by atoms with E-state index in [9.17, 15) is 14.5 Å². The van der Waals surface area contributed by atoms with Crippen molar-refractivity contribution < 1.29 is 48.9 Å². The number of ether oxygens (including phenoxy) is 2. The maximum atomic E-state index is 11.8. The Balaban J connectivity index is 2.19. The molecule has 21 heavy (non-hydrogen) atoms. The number of carbonyl (C=O) groups is 2. The summed E-state index contributed by atoms with van der Waals surface area (Å²) in [5.74, 6) is -1.08. The van der Waals surface area contributed by atoms with E-state index in [-0.39, 0.29) is 22.8 Å². The first kappa shape index (κ1) is 15.5. The van der Waals surface area contributed by atoms with Gasteiger partial charge in [0.15, 0.2) is 0 Å². The number of carbonyl (C=O) groups excluding carboxylic acids is 2. The van der Waals surface area contributed by atoms with Gasteiger partial charge in [-0.25, -0.2) is 0 Å². The number of benzene rings is 1. The third kappa shape index (κ3) is 3.80. The van der Waals surface area contributed by atoms with Crippen molar-refractivity contribution in [1.82, 2.24) is 4.90 Å². The summed E-state index contributed by atoms with van der Waals surface area (Å²) in [5, 5.41) is 8.75. The fraction of sp³-hybridized carbons (Fsp3) is 0.333. The Kier molecular flexibility index (Phi) is 4.94. The second-order valence-corrected chi connectivity index (χ2v) is 6.68. The molecule has 114 valence electrons. The Labute approximate surface area is 130 Å². The van der Waals surface area contributed by atoms with Gasteiger partial charge in [0.1, 0.15) is 0 Å². The van der Waals surface area contributed by atoms with Gasteiger partial charge in [0.25, 0.3) is 0 Å². The fourth-order valence-electron chi connectivity index (χ4n) is 1.87. The number of esters is 1. The maximum absolute atomic E-state index is 11.8.